The molecule has 0 heterocycles. The van der Waals surface area contributed by atoms with Crippen molar-refractivity contribution in [2.75, 3.05) is 24.2 Å². The van der Waals surface area contributed by atoms with E-state index in [2.05, 4.69) is 20.7 Å². The van der Waals surface area contributed by atoms with Crippen LogP contribution in [0.2, 0.25) is 0 Å². The number of carbonyl (C=O) groups excluding carboxylic acids is 1. The molecule has 1 aromatic carbocycles. The Labute approximate surface area is 120 Å². The van der Waals surface area contributed by atoms with Crippen LogP contribution in [0, 0.1) is 0 Å². The smallest absolute Gasteiger partial charge is 0.325 e. The number of hydrogen-bond donors (Lipinski definition) is 1. The van der Waals surface area contributed by atoms with Gasteiger partial charge in [0.05, 0.1) is 18.5 Å². The largest absolute Gasteiger partial charge is 0.468 e. The Balaban J connectivity index is 3.18. The van der Waals surface area contributed by atoms with E-state index in [1.807, 2.05) is 0 Å². The second kappa shape index (κ2) is 5.79. The average Bonchev–Trinajstić information content (AvgIpc) is 2.36. The molecule has 6 nitrogen and oxygen atoms in total. The molecule has 19 heavy (non-hydrogen) atoms. The Bertz CT molecular complexity index is 588. The fraction of sp³-hybridized carbons (Fsp3) is 0.364. The molecule has 0 saturated carbocycles. The second-order valence-corrected chi connectivity index (χ2v) is 7.08. The molecular weight excluding hydrogens is 336 g/mol. The van der Waals surface area contributed by atoms with E-state index in [-0.39, 0.29) is 5.69 Å². The molecule has 2 N–H and O–H groups in total. The Morgan fingerprint density at radius 2 is 2.05 bits per heavy atom. The summed E-state index contributed by atoms with van der Waals surface area (Å²) in [4.78, 5) is 11.4. The van der Waals surface area contributed by atoms with Crippen LogP contribution in [0.5, 0.6) is 0 Å². The van der Waals surface area contributed by atoms with Gasteiger partial charge in [0.1, 0.15) is 0 Å². The molecule has 0 radical (unpaired) electrons. The number of ether oxygens (including phenoxy) is 1. The lowest BCUT2D eigenvalue weighted by molar-refractivity contribution is -0.139. The van der Waals surface area contributed by atoms with E-state index in [0.717, 1.165) is 15.9 Å². The molecule has 0 bridgehead atoms. The maximum absolute atomic E-state index is 12.2. The van der Waals surface area contributed by atoms with E-state index in [4.69, 9.17) is 5.73 Å². The van der Waals surface area contributed by atoms with E-state index in [9.17, 15) is 13.2 Å². The highest BCUT2D eigenvalue weighted by molar-refractivity contribution is 9.10. The fourth-order valence-electron chi connectivity index (χ4n) is 1.47. The zero-order valence-electron chi connectivity index (χ0n) is 10.8. The number of nitrogens with zero attached hydrogens (tertiary/aromatic N) is 1. The normalized spacial score (nSPS) is 12.8. The SMILES string of the molecule is COC(=O)C(C)S(=O)(=O)N(C)c1ccc(Br)cc1N. The summed E-state index contributed by atoms with van der Waals surface area (Å²) in [6, 6.07) is 4.81. The molecule has 1 rings (SSSR count). The lowest BCUT2D eigenvalue weighted by Crippen LogP contribution is -2.39. The highest BCUT2D eigenvalue weighted by atomic mass is 79.9. The molecule has 8 heteroatoms. The zero-order chi connectivity index (χ0) is 14.8. The van der Waals surface area contributed by atoms with Crippen LogP contribution in [-0.2, 0) is 19.6 Å². The number of nitrogens with two attached hydrogens (primary N) is 1. The highest BCUT2D eigenvalue weighted by Crippen LogP contribution is 2.28. The number of carbonyl (C=O) groups is 1. The Hall–Kier alpha value is -1.28. The summed E-state index contributed by atoms with van der Waals surface area (Å²) in [5, 5.41) is -1.30. The van der Waals surface area contributed by atoms with E-state index in [0.29, 0.717) is 5.69 Å². The molecule has 0 aliphatic carbocycles. The summed E-state index contributed by atoms with van der Waals surface area (Å²) in [6.45, 7) is 1.27. The fourth-order valence-corrected chi connectivity index (χ4v) is 3.11. The van der Waals surface area contributed by atoms with Gasteiger partial charge < -0.3 is 10.5 Å². The molecule has 0 fully saturated rings. The van der Waals surface area contributed by atoms with Crippen molar-refractivity contribution in [3.8, 4) is 0 Å². The third-order valence-electron chi connectivity index (χ3n) is 2.69. The molecule has 1 unspecified atom stereocenters. The van der Waals surface area contributed by atoms with Crippen molar-refractivity contribution in [2.45, 2.75) is 12.2 Å². The van der Waals surface area contributed by atoms with Gasteiger partial charge in [-0.05, 0) is 25.1 Å². The van der Waals surface area contributed by atoms with Gasteiger partial charge in [0.25, 0.3) is 0 Å². The third kappa shape index (κ3) is 3.19. The first-order valence-electron chi connectivity index (χ1n) is 5.32. The summed E-state index contributed by atoms with van der Waals surface area (Å²) in [6.07, 6.45) is 0. The molecule has 0 spiro atoms. The van der Waals surface area contributed by atoms with Gasteiger partial charge in [-0.2, -0.15) is 0 Å². The van der Waals surface area contributed by atoms with Gasteiger partial charge in [-0.3, -0.25) is 9.10 Å². The van der Waals surface area contributed by atoms with Crippen LogP contribution in [0.15, 0.2) is 22.7 Å². The summed E-state index contributed by atoms with van der Waals surface area (Å²) in [5.41, 5.74) is 6.37. The first-order valence-corrected chi connectivity index (χ1v) is 7.62. The molecular formula is C11H15BrN2O4S. The predicted molar refractivity (Wildman–Crippen MR) is 77.4 cm³/mol. The van der Waals surface area contributed by atoms with E-state index in [1.54, 1.807) is 18.2 Å². The number of rotatable bonds is 4. The number of benzene rings is 1. The Morgan fingerprint density at radius 1 is 1.47 bits per heavy atom. The molecule has 0 aliphatic rings. The van der Waals surface area contributed by atoms with Gasteiger partial charge in [0, 0.05) is 11.5 Å². The molecule has 0 amide bonds. The van der Waals surface area contributed by atoms with Gasteiger partial charge in [-0.1, -0.05) is 15.9 Å². The number of halogens is 1. The van der Waals surface area contributed by atoms with Crippen molar-refractivity contribution in [1.82, 2.24) is 0 Å². The average molecular weight is 351 g/mol. The number of nitrogen functional groups attached to an aromatic ring is 1. The quantitative estimate of drug-likeness (QED) is 0.654. The van der Waals surface area contributed by atoms with Crippen LogP contribution in [0.1, 0.15) is 6.92 Å². The van der Waals surface area contributed by atoms with E-state index in [1.165, 1.54) is 14.0 Å². The first-order chi connectivity index (χ1) is 8.71. The molecule has 0 aliphatic heterocycles. The van der Waals surface area contributed by atoms with E-state index >= 15 is 0 Å². The number of esters is 1. The van der Waals surface area contributed by atoms with Crippen molar-refractivity contribution >= 4 is 43.3 Å². The molecule has 106 valence electrons. The highest BCUT2D eigenvalue weighted by Gasteiger charge is 2.33. The lowest BCUT2D eigenvalue weighted by atomic mass is 10.3. The summed E-state index contributed by atoms with van der Waals surface area (Å²) < 4.78 is 30.6. The maximum Gasteiger partial charge on any atom is 0.325 e. The van der Waals surface area contributed by atoms with Crippen LogP contribution < -0.4 is 10.0 Å². The molecule has 1 aromatic rings. The second-order valence-electron chi connectivity index (χ2n) is 3.88. The summed E-state index contributed by atoms with van der Waals surface area (Å²) >= 11 is 3.24. The number of hydrogen-bond acceptors (Lipinski definition) is 5. The predicted octanol–water partition coefficient (Wildman–Crippen LogP) is 1.36. The van der Waals surface area contributed by atoms with Gasteiger partial charge in [0.2, 0.25) is 10.0 Å². The van der Waals surface area contributed by atoms with Crippen molar-refractivity contribution in [3.63, 3.8) is 0 Å². The topological polar surface area (TPSA) is 89.7 Å². The molecule has 0 saturated heterocycles. The molecule has 0 aromatic heterocycles. The van der Waals surface area contributed by atoms with Gasteiger partial charge in [-0.25, -0.2) is 8.42 Å². The molecule has 1 atom stereocenters. The van der Waals surface area contributed by atoms with Crippen molar-refractivity contribution in [1.29, 1.82) is 0 Å². The van der Waals surface area contributed by atoms with E-state index < -0.39 is 21.2 Å². The monoisotopic (exact) mass is 350 g/mol. The maximum atomic E-state index is 12.2. The van der Waals surface area contributed by atoms with Crippen LogP contribution >= 0.6 is 15.9 Å². The van der Waals surface area contributed by atoms with Crippen LogP contribution in [0.25, 0.3) is 0 Å². The van der Waals surface area contributed by atoms with Crippen molar-refractivity contribution in [3.05, 3.63) is 22.7 Å². The third-order valence-corrected chi connectivity index (χ3v) is 5.23. The number of anilines is 2. The minimum absolute atomic E-state index is 0.289. The zero-order valence-corrected chi connectivity index (χ0v) is 13.2. The van der Waals surface area contributed by atoms with Crippen LogP contribution in [-0.4, -0.2) is 33.8 Å². The van der Waals surface area contributed by atoms with Crippen molar-refractivity contribution in [2.24, 2.45) is 0 Å². The lowest BCUT2D eigenvalue weighted by Gasteiger charge is -2.23. The Morgan fingerprint density at radius 3 is 2.53 bits per heavy atom. The minimum atomic E-state index is -3.88. The van der Waals surface area contributed by atoms with Gasteiger partial charge in [-0.15, -0.1) is 0 Å². The number of methoxy groups -OCH3 is 1. The van der Waals surface area contributed by atoms with Gasteiger partial charge in [0.15, 0.2) is 5.25 Å². The van der Waals surface area contributed by atoms with Crippen molar-refractivity contribution < 1.29 is 17.9 Å². The van der Waals surface area contributed by atoms with Crippen LogP contribution in [0.4, 0.5) is 11.4 Å². The van der Waals surface area contributed by atoms with Gasteiger partial charge >= 0.3 is 5.97 Å². The minimum Gasteiger partial charge on any atom is -0.468 e. The van der Waals surface area contributed by atoms with Crippen LogP contribution in [0.3, 0.4) is 0 Å². The Kier molecular flexibility index (Phi) is 4.81. The summed E-state index contributed by atoms with van der Waals surface area (Å²) in [5.74, 6) is -0.817. The standard InChI is InChI=1S/C11H15BrN2O4S/c1-7(11(15)18-3)19(16,17)14(2)10-5-4-8(12)6-9(10)13/h4-7H,13H2,1-3H3. The first kappa shape index (κ1) is 15.8. The summed E-state index contributed by atoms with van der Waals surface area (Å²) in [7, 11) is -1.39. The number of sulfonamides is 1.